The topological polar surface area (TPSA) is 6.48 Å². The van der Waals surface area contributed by atoms with Crippen molar-refractivity contribution in [3.05, 3.63) is 29.4 Å². The highest BCUT2D eigenvalue weighted by Gasteiger charge is 2.18. The first-order valence-electron chi connectivity index (χ1n) is 6.43. The molecule has 1 aliphatic rings. The van der Waals surface area contributed by atoms with Crippen molar-refractivity contribution in [3.8, 4) is 0 Å². The predicted octanol–water partition coefficient (Wildman–Crippen LogP) is 3.18. The van der Waals surface area contributed by atoms with E-state index in [0.29, 0.717) is 0 Å². The Morgan fingerprint density at radius 3 is 2.72 bits per heavy atom. The van der Waals surface area contributed by atoms with Gasteiger partial charge in [-0.1, -0.05) is 13.0 Å². The molecule has 0 N–H and O–H groups in total. The quantitative estimate of drug-likeness (QED) is 0.822. The number of anilines is 1. The molecule has 0 radical (unpaired) electrons. The van der Waals surface area contributed by atoms with Crippen LogP contribution in [0.25, 0.3) is 10.1 Å². The summed E-state index contributed by atoms with van der Waals surface area (Å²) >= 11 is 1.23. The van der Waals surface area contributed by atoms with Crippen LogP contribution in [0.3, 0.4) is 0 Å². The Hall–Kier alpha value is -1.13. The molecule has 1 aromatic heterocycles. The molecule has 1 saturated heterocycles. The van der Waals surface area contributed by atoms with Crippen LogP contribution in [0.15, 0.2) is 24.3 Å². The van der Waals surface area contributed by atoms with Crippen molar-refractivity contribution >= 4 is 27.1 Å². The fourth-order valence-electron chi connectivity index (χ4n) is 2.60. The smallest absolute Gasteiger partial charge is 0.177 e. The van der Waals surface area contributed by atoms with Crippen molar-refractivity contribution in [2.45, 2.75) is 6.92 Å². The maximum absolute atomic E-state index is 13.4. The van der Waals surface area contributed by atoms with Crippen molar-refractivity contribution in [1.29, 1.82) is 0 Å². The van der Waals surface area contributed by atoms with Gasteiger partial charge in [0.1, 0.15) is 0 Å². The Labute approximate surface area is 111 Å². The molecule has 0 bridgehead atoms. The summed E-state index contributed by atoms with van der Waals surface area (Å²) in [7, 11) is 0. The highest BCUT2D eigenvalue weighted by atomic mass is 32.1. The minimum absolute atomic E-state index is 0.0929. The van der Waals surface area contributed by atoms with Crippen molar-refractivity contribution in [1.82, 2.24) is 4.90 Å². The zero-order valence-corrected chi connectivity index (χ0v) is 11.3. The summed E-state index contributed by atoms with van der Waals surface area (Å²) in [4.78, 5) is 4.82. The average molecular weight is 264 g/mol. The molecule has 1 fully saturated rings. The molecular formula is C14H17FN2S. The Morgan fingerprint density at radius 2 is 2.00 bits per heavy atom. The van der Waals surface area contributed by atoms with Crippen LogP contribution in [0, 0.1) is 5.13 Å². The molecule has 0 unspecified atom stereocenters. The molecular weight excluding hydrogens is 247 g/mol. The average Bonchev–Trinajstić information content (AvgIpc) is 2.79. The first-order valence-corrected chi connectivity index (χ1v) is 7.25. The van der Waals surface area contributed by atoms with Crippen LogP contribution in [-0.4, -0.2) is 37.6 Å². The second-order valence-corrected chi connectivity index (χ2v) is 5.69. The summed E-state index contributed by atoms with van der Waals surface area (Å²) in [6, 6.07) is 7.80. The SMILES string of the molecule is CCN1CCN(c2cccc3sc(F)cc23)CC1. The Balaban J connectivity index is 1.90. The van der Waals surface area contributed by atoms with Gasteiger partial charge in [-0.15, -0.1) is 11.3 Å². The lowest BCUT2D eigenvalue weighted by molar-refractivity contribution is 0.271. The molecule has 0 saturated carbocycles. The molecule has 0 spiro atoms. The van der Waals surface area contributed by atoms with Gasteiger partial charge in [0.25, 0.3) is 0 Å². The van der Waals surface area contributed by atoms with Gasteiger partial charge in [0.05, 0.1) is 0 Å². The van der Waals surface area contributed by atoms with E-state index in [4.69, 9.17) is 0 Å². The molecule has 2 heterocycles. The number of rotatable bonds is 2. The van der Waals surface area contributed by atoms with Gasteiger partial charge in [0.2, 0.25) is 0 Å². The van der Waals surface area contributed by atoms with E-state index in [-0.39, 0.29) is 5.13 Å². The van der Waals surface area contributed by atoms with Gasteiger partial charge in [-0.3, -0.25) is 0 Å². The summed E-state index contributed by atoms with van der Waals surface area (Å²) in [6.45, 7) is 7.57. The standard InChI is InChI=1S/C14H17FN2S/c1-2-16-6-8-17(9-7-16)12-4-3-5-13-11(12)10-14(15)18-13/h3-5,10H,2,6-9H2,1H3. The third-order valence-electron chi connectivity index (χ3n) is 3.67. The molecule has 1 aliphatic heterocycles. The highest BCUT2D eigenvalue weighted by Crippen LogP contribution is 2.32. The lowest BCUT2D eigenvalue weighted by atomic mass is 10.2. The molecule has 18 heavy (non-hydrogen) atoms. The van der Waals surface area contributed by atoms with E-state index in [1.165, 1.54) is 17.0 Å². The van der Waals surface area contributed by atoms with Gasteiger partial charge in [0, 0.05) is 42.0 Å². The monoisotopic (exact) mass is 264 g/mol. The number of halogens is 1. The van der Waals surface area contributed by atoms with Crippen LogP contribution in [0.2, 0.25) is 0 Å². The van der Waals surface area contributed by atoms with E-state index in [9.17, 15) is 4.39 Å². The van der Waals surface area contributed by atoms with E-state index >= 15 is 0 Å². The molecule has 1 aromatic carbocycles. The molecule has 0 amide bonds. The second-order valence-electron chi connectivity index (χ2n) is 4.66. The summed E-state index contributed by atoms with van der Waals surface area (Å²) < 4.78 is 14.4. The van der Waals surface area contributed by atoms with E-state index < -0.39 is 0 Å². The molecule has 0 aliphatic carbocycles. The molecule has 3 rings (SSSR count). The number of hydrogen-bond donors (Lipinski definition) is 0. The van der Waals surface area contributed by atoms with Gasteiger partial charge in [-0.2, -0.15) is 4.39 Å². The van der Waals surface area contributed by atoms with E-state index in [0.717, 1.165) is 42.8 Å². The molecule has 96 valence electrons. The number of fused-ring (bicyclic) bond motifs is 1. The van der Waals surface area contributed by atoms with Crippen molar-refractivity contribution < 1.29 is 4.39 Å². The molecule has 4 heteroatoms. The maximum atomic E-state index is 13.4. The van der Waals surface area contributed by atoms with Gasteiger partial charge in [-0.05, 0) is 24.7 Å². The number of piperazine rings is 1. The van der Waals surface area contributed by atoms with Gasteiger partial charge < -0.3 is 9.80 Å². The highest BCUT2D eigenvalue weighted by molar-refractivity contribution is 7.17. The minimum Gasteiger partial charge on any atom is -0.368 e. The number of nitrogens with zero attached hydrogens (tertiary/aromatic N) is 2. The zero-order chi connectivity index (χ0) is 12.5. The van der Waals surface area contributed by atoms with Crippen LogP contribution in [0.1, 0.15) is 6.92 Å². The lowest BCUT2D eigenvalue weighted by Gasteiger charge is -2.35. The molecule has 2 aromatic rings. The van der Waals surface area contributed by atoms with Crippen LogP contribution in [0.5, 0.6) is 0 Å². The third kappa shape index (κ3) is 2.10. The first-order chi connectivity index (χ1) is 8.78. The van der Waals surface area contributed by atoms with Gasteiger partial charge in [-0.25, -0.2) is 0 Å². The molecule has 2 nitrogen and oxygen atoms in total. The normalized spacial score (nSPS) is 17.6. The van der Waals surface area contributed by atoms with Crippen molar-refractivity contribution in [2.75, 3.05) is 37.6 Å². The summed E-state index contributed by atoms with van der Waals surface area (Å²) in [5.74, 6) is 0. The van der Waals surface area contributed by atoms with Gasteiger partial charge >= 0.3 is 0 Å². The number of benzene rings is 1. The zero-order valence-electron chi connectivity index (χ0n) is 10.5. The van der Waals surface area contributed by atoms with Crippen LogP contribution in [0.4, 0.5) is 10.1 Å². The Kier molecular flexibility index (Phi) is 3.22. The van der Waals surface area contributed by atoms with Gasteiger partial charge in [0.15, 0.2) is 5.13 Å². The summed E-state index contributed by atoms with van der Waals surface area (Å²) in [6.07, 6.45) is 0. The fourth-order valence-corrected chi connectivity index (χ4v) is 3.40. The fraction of sp³-hybridized carbons (Fsp3) is 0.429. The van der Waals surface area contributed by atoms with Crippen molar-refractivity contribution in [2.24, 2.45) is 0 Å². The number of thiophene rings is 1. The maximum Gasteiger partial charge on any atom is 0.177 e. The summed E-state index contributed by atoms with van der Waals surface area (Å²) in [5, 5.41) is 0.967. The van der Waals surface area contributed by atoms with Crippen LogP contribution in [-0.2, 0) is 0 Å². The predicted molar refractivity (Wildman–Crippen MR) is 76.1 cm³/mol. The third-order valence-corrected chi connectivity index (χ3v) is 4.56. The lowest BCUT2D eigenvalue weighted by Crippen LogP contribution is -2.46. The Morgan fingerprint density at radius 1 is 1.22 bits per heavy atom. The van der Waals surface area contributed by atoms with Crippen molar-refractivity contribution in [3.63, 3.8) is 0 Å². The van der Waals surface area contributed by atoms with Crippen LogP contribution < -0.4 is 4.90 Å². The Bertz CT molecular complexity index is 544. The van der Waals surface area contributed by atoms with E-state index in [1.807, 2.05) is 12.1 Å². The van der Waals surface area contributed by atoms with Crippen LogP contribution >= 0.6 is 11.3 Å². The second kappa shape index (κ2) is 4.86. The minimum atomic E-state index is -0.0929. The van der Waals surface area contributed by atoms with E-state index in [2.05, 4.69) is 22.8 Å². The summed E-state index contributed by atoms with van der Waals surface area (Å²) in [5.41, 5.74) is 1.18. The first kappa shape index (κ1) is 11.9. The largest absolute Gasteiger partial charge is 0.368 e. The number of likely N-dealkylation sites (N-methyl/N-ethyl adjacent to an activating group) is 1. The number of hydrogen-bond acceptors (Lipinski definition) is 3. The molecule has 0 atom stereocenters. The van der Waals surface area contributed by atoms with E-state index in [1.54, 1.807) is 6.07 Å².